The summed E-state index contributed by atoms with van der Waals surface area (Å²) < 4.78 is 18.4. The molecule has 2 fully saturated rings. The molecule has 0 radical (unpaired) electrons. The highest BCUT2D eigenvalue weighted by Crippen LogP contribution is 2.21. The maximum Gasteiger partial charge on any atom is 0.328 e. The lowest BCUT2D eigenvalue weighted by atomic mass is 10.0. The number of hydrogen-bond donors (Lipinski definition) is 0. The molecule has 0 aromatic heterocycles. The molecule has 1 aromatic rings. The van der Waals surface area contributed by atoms with E-state index < -0.39 is 6.04 Å². The number of carbonyl (C=O) groups excluding carboxylic acids is 2. The first kappa shape index (κ1) is 22.0. The van der Waals surface area contributed by atoms with Gasteiger partial charge in [0.2, 0.25) is 5.91 Å². The molecular formula is C21H29ClFN3O3. The minimum atomic E-state index is -0.446. The van der Waals surface area contributed by atoms with Crippen molar-refractivity contribution in [1.29, 1.82) is 0 Å². The Labute approximate surface area is 176 Å². The first-order chi connectivity index (χ1) is 14.0. The van der Waals surface area contributed by atoms with E-state index in [-0.39, 0.29) is 17.7 Å². The molecule has 0 N–H and O–H groups in total. The number of piperidine rings is 1. The quantitative estimate of drug-likeness (QED) is 0.655. The zero-order valence-electron chi connectivity index (χ0n) is 16.9. The van der Waals surface area contributed by atoms with Crippen molar-refractivity contribution in [2.75, 3.05) is 45.9 Å². The number of rotatable bonds is 6. The van der Waals surface area contributed by atoms with Gasteiger partial charge in [0.15, 0.2) is 0 Å². The summed E-state index contributed by atoms with van der Waals surface area (Å²) in [6, 6.07) is 4.04. The maximum absolute atomic E-state index is 13.2. The van der Waals surface area contributed by atoms with Crippen LogP contribution in [-0.4, -0.2) is 78.5 Å². The van der Waals surface area contributed by atoms with Crippen molar-refractivity contribution in [1.82, 2.24) is 14.7 Å². The van der Waals surface area contributed by atoms with Gasteiger partial charge in [0, 0.05) is 44.3 Å². The monoisotopic (exact) mass is 425 g/mol. The molecule has 2 aliphatic heterocycles. The van der Waals surface area contributed by atoms with Crippen LogP contribution in [0.3, 0.4) is 0 Å². The predicted molar refractivity (Wildman–Crippen MR) is 109 cm³/mol. The molecule has 2 aliphatic rings. The Balaban J connectivity index is 1.49. The number of carbonyl (C=O) groups is 2. The van der Waals surface area contributed by atoms with Crippen LogP contribution >= 0.6 is 11.6 Å². The van der Waals surface area contributed by atoms with Crippen molar-refractivity contribution in [3.05, 3.63) is 34.6 Å². The minimum Gasteiger partial charge on any atom is -0.464 e. The Hall–Kier alpha value is -1.70. The van der Waals surface area contributed by atoms with Gasteiger partial charge in [0.05, 0.1) is 13.2 Å². The Morgan fingerprint density at radius 3 is 2.55 bits per heavy atom. The molecule has 1 aromatic carbocycles. The summed E-state index contributed by atoms with van der Waals surface area (Å²) in [4.78, 5) is 31.1. The largest absolute Gasteiger partial charge is 0.464 e. The molecule has 3 rings (SSSR count). The highest BCUT2D eigenvalue weighted by Gasteiger charge is 2.34. The summed E-state index contributed by atoms with van der Waals surface area (Å²) in [6.45, 7) is 6.86. The summed E-state index contributed by atoms with van der Waals surface area (Å²) in [5.74, 6) is -0.625. The maximum atomic E-state index is 13.2. The van der Waals surface area contributed by atoms with E-state index in [2.05, 4.69) is 9.80 Å². The van der Waals surface area contributed by atoms with Crippen LogP contribution in [0, 0.1) is 5.82 Å². The molecule has 0 spiro atoms. The van der Waals surface area contributed by atoms with Gasteiger partial charge in [-0.25, -0.2) is 9.18 Å². The molecule has 0 aliphatic carbocycles. The molecule has 1 unspecified atom stereocenters. The summed E-state index contributed by atoms with van der Waals surface area (Å²) >= 11 is 6.13. The summed E-state index contributed by atoms with van der Waals surface area (Å²) in [5.41, 5.74) is 0.906. The van der Waals surface area contributed by atoms with E-state index in [1.165, 1.54) is 12.1 Å². The van der Waals surface area contributed by atoms with E-state index in [0.717, 1.165) is 44.6 Å². The Bertz CT molecular complexity index is 725. The van der Waals surface area contributed by atoms with Gasteiger partial charge in [-0.15, -0.1) is 0 Å². The number of amides is 1. The summed E-state index contributed by atoms with van der Waals surface area (Å²) in [6.07, 6.45) is 2.54. The van der Waals surface area contributed by atoms with Gasteiger partial charge < -0.3 is 9.64 Å². The molecule has 8 heteroatoms. The van der Waals surface area contributed by atoms with Crippen molar-refractivity contribution in [3.63, 3.8) is 0 Å². The van der Waals surface area contributed by atoms with Gasteiger partial charge in [-0.3, -0.25) is 14.6 Å². The normalized spacial score (nSPS) is 21.2. The topological polar surface area (TPSA) is 53.1 Å². The number of piperazine rings is 1. The SMILES string of the molecule is CCOC(=O)C1CCCCN1C(=O)CN1CCN(Cc2ccc(F)cc2Cl)CC1. The average molecular weight is 426 g/mol. The Morgan fingerprint density at radius 2 is 1.86 bits per heavy atom. The molecule has 29 heavy (non-hydrogen) atoms. The predicted octanol–water partition coefficient (Wildman–Crippen LogP) is 2.54. The zero-order chi connectivity index (χ0) is 20.8. The molecule has 1 atom stereocenters. The zero-order valence-corrected chi connectivity index (χ0v) is 17.7. The fourth-order valence-electron chi connectivity index (χ4n) is 3.99. The summed E-state index contributed by atoms with van der Waals surface area (Å²) in [5, 5.41) is 0.442. The summed E-state index contributed by atoms with van der Waals surface area (Å²) in [7, 11) is 0. The van der Waals surface area contributed by atoms with Crippen LogP contribution in [-0.2, 0) is 20.9 Å². The van der Waals surface area contributed by atoms with Crippen LogP contribution in [0.2, 0.25) is 5.02 Å². The number of halogens is 2. The van der Waals surface area contributed by atoms with Gasteiger partial charge in [-0.05, 0) is 43.9 Å². The van der Waals surface area contributed by atoms with Gasteiger partial charge in [0.25, 0.3) is 0 Å². The third kappa shape index (κ3) is 5.90. The molecule has 2 heterocycles. The molecule has 2 saturated heterocycles. The fraction of sp³-hybridized carbons (Fsp3) is 0.619. The average Bonchev–Trinajstić information content (AvgIpc) is 2.71. The van der Waals surface area contributed by atoms with E-state index in [9.17, 15) is 14.0 Å². The van der Waals surface area contributed by atoms with E-state index in [1.54, 1.807) is 17.9 Å². The lowest BCUT2D eigenvalue weighted by molar-refractivity contribution is -0.157. The van der Waals surface area contributed by atoms with Crippen molar-refractivity contribution in [2.24, 2.45) is 0 Å². The second-order valence-electron chi connectivity index (χ2n) is 7.64. The van der Waals surface area contributed by atoms with E-state index >= 15 is 0 Å². The van der Waals surface area contributed by atoms with E-state index in [4.69, 9.17) is 16.3 Å². The number of hydrogen-bond acceptors (Lipinski definition) is 5. The molecule has 160 valence electrons. The molecular weight excluding hydrogens is 397 g/mol. The van der Waals surface area contributed by atoms with Gasteiger partial charge in [-0.2, -0.15) is 0 Å². The van der Waals surface area contributed by atoms with Crippen LogP contribution < -0.4 is 0 Å². The third-order valence-electron chi connectivity index (χ3n) is 5.61. The number of benzene rings is 1. The lowest BCUT2D eigenvalue weighted by Crippen LogP contribution is -2.54. The van der Waals surface area contributed by atoms with Crippen LogP contribution in [0.4, 0.5) is 4.39 Å². The minimum absolute atomic E-state index is 0.00205. The third-order valence-corrected chi connectivity index (χ3v) is 5.97. The second kappa shape index (κ2) is 10.4. The van der Waals surface area contributed by atoms with Gasteiger partial charge in [0.1, 0.15) is 11.9 Å². The first-order valence-electron chi connectivity index (χ1n) is 10.3. The van der Waals surface area contributed by atoms with Crippen LogP contribution in [0.25, 0.3) is 0 Å². The van der Waals surface area contributed by atoms with Gasteiger partial charge >= 0.3 is 5.97 Å². The lowest BCUT2D eigenvalue weighted by Gasteiger charge is -2.38. The van der Waals surface area contributed by atoms with Crippen molar-refractivity contribution in [3.8, 4) is 0 Å². The number of ether oxygens (including phenoxy) is 1. The Kier molecular flexibility index (Phi) is 7.86. The molecule has 0 bridgehead atoms. The van der Waals surface area contributed by atoms with Crippen molar-refractivity contribution < 1.29 is 18.7 Å². The molecule has 0 saturated carbocycles. The van der Waals surface area contributed by atoms with Crippen molar-refractivity contribution >= 4 is 23.5 Å². The number of likely N-dealkylation sites (tertiary alicyclic amines) is 1. The van der Waals surface area contributed by atoms with Crippen molar-refractivity contribution in [2.45, 2.75) is 38.8 Å². The van der Waals surface area contributed by atoms with Gasteiger partial charge in [-0.1, -0.05) is 17.7 Å². The fourth-order valence-corrected chi connectivity index (χ4v) is 4.22. The van der Waals surface area contributed by atoms with Crippen LogP contribution in [0.1, 0.15) is 31.7 Å². The van der Waals surface area contributed by atoms with E-state index in [1.807, 2.05) is 0 Å². The molecule has 1 amide bonds. The number of nitrogens with zero attached hydrogens (tertiary/aromatic N) is 3. The van der Waals surface area contributed by atoms with Crippen LogP contribution in [0.5, 0.6) is 0 Å². The standard InChI is InChI=1S/C21H29ClFN3O3/c1-2-29-21(28)19-5-3-4-8-26(19)20(27)15-25-11-9-24(10-12-25)14-16-6-7-17(23)13-18(16)22/h6-7,13,19H,2-5,8-12,14-15H2,1H3. The number of esters is 1. The van der Waals surface area contributed by atoms with E-state index in [0.29, 0.717) is 37.7 Å². The smallest absolute Gasteiger partial charge is 0.328 e. The molecule has 6 nitrogen and oxygen atoms in total. The highest BCUT2D eigenvalue weighted by atomic mass is 35.5. The first-order valence-corrected chi connectivity index (χ1v) is 10.7. The Morgan fingerprint density at radius 1 is 1.14 bits per heavy atom. The highest BCUT2D eigenvalue weighted by molar-refractivity contribution is 6.31. The van der Waals surface area contributed by atoms with Crippen LogP contribution in [0.15, 0.2) is 18.2 Å². The second-order valence-corrected chi connectivity index (χ2v) is 8.05.